The molecule has 2 rings (SSSR count). The van der Waals surface area contributed by atoms with Gasteiger partial charge in [-0.1, -0.05) is 35.6 Å². The first-order valence-corrected chi connectivity index (χ1v) is 7.91. The van der Waals surface area contributed by atoms with Crippen LogP contribution in [0.3, 0.4) is 0 Å². The Morgan fingerprint density at radius 1 is 1.15 bits per heavy atom. The van der Waals surface area contributed by atoms with Crippen molar-refractivity contribution in [1.29, 1.82) is 0 Å². The van der Waals surface area contributed by atoms with Crippen LogP contribution >= 0.6 is 11.3 Å². The SMILES string of the molecule is Cc1ccccc1-c1nnc(CCCNC(C)(C)C)s1. The van der Waals surface area contributed by atoms with Gasteiger partial charge in [0.1, 0.15) is 10.0 Å². The zero-order chi connectivity index (χ0) is 14.6. The number of nitrogens with one attached hydrogen (secondary N) is 1. The maximum atomic E-state index is 4.32. The molecule has 0 aliphatic rings. The number of aromatic nitrogens is 2. The van der Waals surface area contributed by atoms with Crippen molar-refractivity contribution in [2.75, 3.05) is 6.54 Å². The second-order valence-corrected chi connectivity index (χ2v) is 7.16. The zero-order valence-electron chi connectivity index (χ0n) is 12.7. The largest absolute Gasteiger partial charge is 0.312 e. The average Bonchev–Trinajstić information content (AvgIpc) is 2.83. The van der Waals surface area contributed by atoms with E-state index < -0.39 is 0 Å². The molecular formula is C16H23N3S. The minimum absolute atomic E-state index is 0.188. The summed E-state index contributed by atoms with van der Waals surface area (Å²) in [5.74, 6) is 0. The molecule has 108 valence electrons. The van der Waals surface area contributed by atoms with E-state index in [9.17, 15) is 0 Å². The van der Waals surface area contributed by atoms with Crippen LogP contribution in [-0.2, 0) is 6.42 Å². The molecule has 1 aromatic carbocycles. The fourth-order valence-corrected chi connectivity index (χ4v) is 2.95. The molecule has 0 aliphatic heterocycles. The number of rotatable bonds is 5. The lowest BCUT2D eigenvalue weighted by Crippen LogP contribution is -2.36. The van der Waals surface area contributed by atoms with E-state index in [0.29, 0.717) is 0 Å². The fraction of sp³-hybridized carbons (Fsp3) is 0.500. The van der Waals surface area contributed by atoms with Crippen molar-refractivity contribution in [2.24, 2.45) is 0 Å². The van der Waals surface area contributed by atoms with E-state index in [0.717, 1.165) is 29.4 Å². The van der Waals surface area contributed by atoms with Crippen molar-refractivity contribution in [1.82, 2.24) is 15.5 Å². The van der Waals surface area contributed by atoms with Gasteiger partial charge in [0.2, 0.25) is 0 Å². The molecule has 0 amide bonds. The van der Waals surface area contributed by atoms with Gasteiger partial charge in [0.25, 0.3) is 0 Å². The molecule has 2 aromatic rings. The van der Waals surface area contributed by atoms with Crippen molar-refractivity contribution >= 4 is 11.3 Å². The van der Waals surface area contributed by atoms with E-state index in [4.69, 9.17) is 0 Å². The van der Waals surface area contributed by atoms with Crippen LogP contribution in [0.1, 0.15) is 37.8 Å². The molecule has 0 spiro atoms. The molecule has 0 aliphatic carbocycles. The van der Waals surface area contributed by atoms with Crippen LogP contribution in [0.2, 0.25) is 0 Å². The summed E-state index contributed by atoms with van der Waals surface area (Å²) in [6.45, 7) is 9.70. The van der Waals surface area contributed by atoms with Crippen LogP contribution in [0.4, 0.5) is 0 Å². The van der Waals surface area contributed by atoms with Gasteiger partial charge in [0.05, 0.1) is 0 Å². The first-order chi connectivity index (χ1) is 9.46. The molecule has 0 saturated carbocycles. The van der Waals surface area contributed by atoms with Crippen molar-refractivity contribution in [3.63, 3.8) is 0 Å². The Morgan fingerprint density at radius 3 is 2.60 bits per heavy atom. The molecule has 0 atom stereocenters. The highest BCUT2D eigenvalue weighted by Crippen LogP contribution is 2.26. The van der Waals surface area contributed by atoms with Crippen molar-refractivity contribution < 1.29 is 0 Å². The first kappa shape index (κ1) is 15.1. The molecule has 1 N–H and O–H groups in total. The molecule has 0 saturated heterocycles. The van der Waals surface area contributed by atoms with Crippen LogP contribution in [0.25, 0.3) is 10.6 Å². The van der Waals surface area contributed by atoms with E-state index in [1.807, 2.05) is 0 Å². The number of nitrogens with zero attached hydrogens (tertiary/aromatic N) is 2. The predicted molar refractivity (Wildman–Crippen MR) is 86.2 cm³/mol. The quantitative estimate of drug-likeness (QED) is 0.850. The Labute approximate surface area is 125 Å². The van der Waals surface area contributed by atoms with E-state index in [2.05, 4.69) is 67.5 Å². The monoisotopic (exact) mass is 289 g/mol. The molecule has 4 heteroatoms. The topological polar surface area (TPSA) is 37.8 Å². The first-order valence-electron chi connectivity index (χ1n) is 7.09. The van der Waals surface area contributed by atoms with Gasteiger partial charge in [-0.2, -0.15) is 0 Å². The third-order valence-corrected chi connectivity index (χ3v) is 4.08. The molecule has 1 aromatic heterocycles. The Morgan fingerprint density at radius 2 is 1.90 bits per heavy atom. The van der Waals surface area contributed by atoms with Crippen LogP contribution < -0.4 is 5.32 Å². The number of benzene rings is 1. The van der Waals surface area contributed by atoms with Gasteiger partial charge in [0.15, 0.2) is 0 Å². The van der Waals surface area contributed by atoms with Gasteiger partial charge in [0, 0.05) is 17.5 Å². The highest BCUT2D eigenvalue weighted by atomic mass is 32.1. The highest BCUT2D eigenvalue weighted by Gasteiger charge is 2.10. The minimum atomic E-state index is 0.188. The zero-order valence-corrected chi connectivity index (χ0v) is 13.5. The second-order valence-electron chi connectivity index (χ2n) is 6.10. The van der Waals surface area contributed by atoms with E-state index in [1.54, 1.807) is 11.3 Å². The van der Waals surface area contributed by atoms with E-state index >= 15 is 0 Å². The van der Waals surface area contributed by atoms with Crippen LogP contribution in [-0.4, -0.2) is 22.3 Å². The van der Waals surface area contributed by atoms with Crippen molar-refractivity contribution in [2.45, 2.75) is 46.1 Å². The summed E-state index contributed by atoms with van der Waals surface area (Å²) < 4.78 is 0. The summed E-state index contributed by atoms with van der Waals surface area (Å²) in [7, 11) is 0. The normalized spacial score (nSPS) is 11.8. The lowest BCUT2D eigenvalue weighted by Gasteiger charge is -2.20. The Bertz CT molecular complexity index is 555. The standard InChI is InChI=1S/C16H23N3S/c1-12-8-5-6-9-13(12)15-19-18-14(20-15)10-7-11-17-16(2,3)4/h5-6,8-9,17H,7,10-11H2,1-4H3. The van der Waals surface area contributed by atoms with Crippen molar-refractivity contribution in [3.05, 3.63) is 34.8 Å². The predicted octanol–water partition coefficient (Wildman–Crippen LogP) is 3.83. The van der Waals surface area contributed by atoms with E-state index in [-0.39, 0.29) is 5.54 Å². The Hall–Kier alpha value is -1.26. The van der Waals surface area contributed by atoms with Gasteiger partial charge in [-0.3, -0.25) is 0 Å². The summed E-state index contributed by atoms with van der Waals surface area (Å²) in [5, 5.41) is 14.3. The summed E-state index contributed by atoms with van der Waals surface area (Å²) in [5.41, 5.74) is 2.64. The summed E-state index contributed by atoms with van der Waals surface area (Å²) >= 11 is 1.71. The average molecular weight is 289 g/mol. The van der Waals surface area contributed by atoms with Gasteiger partial charge in [-0.05, 0) is 46.2 Å². The third-order valence-electron chi connectivity index (χ3n) is 3.07. The smallest absolute Gasteiger partial charge is 0.148 e. The molecule has 0 fully saturated rings. The van der Waals surface area contributed by atoms with Gasteiger partial charge < -0.3 is 5.32 Å². The number of hydrogen-bond donors (Lipinski definition) is 1. The molecule has 0 radical (unpaired) electrons. The van der Waals surface area contributed by atoms with Gasteiger partial charge in [-0.15, -0.1) is 10.2 Å². The van der Waals surface area contributed by atoms with Gasteiger partial charge >= 0.3 is 0 Å². The molecular weight excluding hydrogens is 266 g/mol. The Kier molecular flexibility index (Phi) is 4.89. The summed E-state index contributed by atoms with van der Waals surface area (Å²) in [4.78, 5) is 0. The third kappa shape index (κ3) is 4.39. The van der Waals surface area contributed by atoms with Crippen LogP contribution in [0.15, 0.2) is 24.3 Å². The minimum Gasteiger partial charge on any atom is -0.312 e. The number of aryl methyl sites for hydroxylation is 2. The van der Waals surface area contributed by atoms with E-state index in [1.165, 1.54) is 11.1 Å². The maximum Gasteiger partial charge on any atom is 0.148 e. The molecule has 20 heavy (non-hydrogen) atoms. The van der Waals surface area contributed by atoms with Crippen LogP contribution in [0, 0.1) is 6.92 Å². The molecule has 0 bridgehead atoms. The van der Waals surface area contributed by atoms with Gasteiger partial charge in [-0.25, -0.2) is 0 Å². The molecule has 1 heterocycles. The fourth-order valence-electron chi connectivity index (χ4n) is 1.98. The maximum absolute atomic E-state index is 4.32. The summed E-state index contributed by atoms with van der Waals surface area (Å²) in [6.07, 6.45) is 2.09. The molecule has 0 unspecified atom stereocenters. The lowest BCUT2D eigenvalue weighted by molar-refractivity contribution is 0.422. The van der Waals surface area contributed by atoms with Crippen LogP contribution in [0.5, 0.6) is 0 Å². The van der Waals surface area contributed by atoms with Crippen molar-refractivity contribution in [3.8, 4) is 10.6 Å². The lowest BCUT2D eigenvalue weighted by atomic mass is 10.1. The molecule has 3 nitrogen and oxygen atoms in total. The highest BCUT2D eigenvalue weighted by molar-refractivity contribution is 7.14. The second kappa shape index (κ2) is 6.46. The Balaban J connectivity index is 1.92. The number of hydrogen-bond acceptors (Lipinski definition) is 4. The summed E-state index contributed by atoms with van der Waals surface area (Å²) in [6, 6.07) is 8.33.